The Hall–Kier alpha value is -2.75. The van der Waals surface area contributed by atoms with Crippen molar-refractivity contribution in [2.24, 2.45) is 0 Å². The molecule has 5 rings (SSSR count). The molecule has 0 spiro atoms. The van der Waals surface area contributed by atoms with Crippen LogP contribution in [0.2, 0.25) is 0 Å². The number of fused-ring (bicyclic) bond motifs is 3. The molecule has 0 amide bonds. The van der Waals surface area contributed by atoms with Crippen molar-refractivity contribution in [2.45, 2.75) is 11.8 Å². The van der Waals surface area contributed by atoms with Gasteiger partial charge in [-0.15, -0.1) is 0 Å². The van der Waals surface area contributed by atoms with E-state index in [0.717, 1.165) is 46.9 Å². The summed E-state index contributed by atoms with van der Waals surface area (Å²) in [5.41, 5.74) is 4.32. The van der Waals surface area contributed by atoms with Crippen LogP contribution < -0.4 is 0 Å². The molecule has 1 aromatic carbocycles. The first kappa shape index (κ1) is 18.3. The molecular formula is C20H22N6O2S. The van der Waals surface area contributed by atoms with E-state index in [2.05, 4.69) is 19.3 Å². The molecule has 1 aliphatic heterocycles. The van der Waals surface area contributed by atoms with Gasteiger partial charge in [0.25, 0.3) is 0 Å². The number of likely N-dealkylation sites (N-methyl/N-ethyl adjacent to an activating group) is 1. The van der Waals surface area contributed by atoms with Crippen molar-refractivity contribution in [1.29, 1.82) is 0 Å². The topological polar surface area (TPSA) is 86.6 Å². The molecular weight excluding hydrogens is 388 g/mol. The zero-order valence-electron chi connectivity index (χ0n) is 16.3. The largest absolute Gasteiger partial charge is 0.345 e. The molecule has 4 aromatic rings. The van der Waals surface area contributed by atoms with Crippen molar-refractivity contribution in [1.82, 2.24) is 28.6 Å². The maximum Gasteiger partial charge on any atom is 0.243 e. The smallest absolute Gasteiger partial charge is 0.243 e. The molecule has 29 heavy (non-hydrogen) atoms. The summed E-state index contributed by atoms with van der Waals surface area (Å²) in [5, 5.41) is 0. The van der Waals surface area contributed by atoms with Crippen LogP contribution in [-0.4, -0.2) is 70.2 Å². The fraction of sp³-hybridized carbons (Fsp3) is 0.300. The second-order valence-electron chi connectivity index (χ2n) is 7.43. The number of benzene rings is 1. The molecule has 0 bridgehead atoms. The average Bonchev–Trinajstić information content (AvgIpc) is 3.32. The van der Waals surface area contributed by atoms with Crippen LogP contribution in [0, 0.1) is 6.92 Å². The number of sulfonamides is 1. The summed E-state index contributed by atoms with van der Waals surface area (Å²) < 4.78 is 29.5. The van der Waals surface area contributed by atoms with Crippen LogP contribution in [0.15, 0.2) is 47.6 Å². The van der Waals surface area contributed by atoms with E-state index in [4.69, 9.17) is 4.98 Å². The minimum absolute atomic E-state index is 0.317. The normalized spacial score (nSPS) is 16.8. The van der Waals surface area contributed by atoms with Crippen LogP contribution >= 0.6 is 0 Å². The molecule has 0 unspecified atom stereocenters. The SMILES string of the molecule is Cc1nc(-c2ccc(S(=O)(=O)N3CCN(C)CC3)cc2)c2cnc3[nH]ccc3n12. The lowest BCUT2D eigenvalue weighted by Gasteiger charge is -2.31. The molecule has 1 aliphatic rings. The number of aryl methyl sites for hydroxylation is 1. The first-order chi connectivity index (χ1) is 13.9. The Labute approximate surface area is 168 Å². The number of aromatic amines is 1. The van der Waals surface area contributed by atoms with Crippen LogP contribution in [-0.2, 0) is 10.0 Å². The molecule has 8 nitrogen and oxygen atoms in total. The highest BCUT2D eigenvalue weighted by molar-refractivity contribution is 7.89. The lowest BCUT2D eigenvalue weighted by Crippen LogP contribution is -2.46. The molecule has 0 atom stereocenters. The Kier molecular flexibility index (Phi) is 4.19. The van der Waals surface area contributed by atoms with Crippen molar-refractivity contribution < 1.29 is 8.42 Å². The van der Waals surface area contributed by atoms with E-state index in [0.29, 0.717) is 18.0 Å². The number of rotatable bonds is 3. The van der Waals surface area contributed by atoms with Gasteiger partial charge < -0.3 is 9.88 Å². The van der Waals surface area contributed by atoms with Crippen LogP contribution in [0.1, 0.15) is 5.82 Å². The first-order valence-corrected chi connectivity index (χ1v) is 11.0. The highest BCUT2D eigenvalue weighted by atomic mass is 32.2. The van der Waals surface area contributed by atoms with Crippen LogP contribution in [0.25, 0.3) is 27.9 Å². The highest BCUT2D eigenvalue weighted by Gasteiger charge is 2.27. The maximum absolute atomic E-state index is 12.9. The third-order valence-corrected chi connectivity index (χ3v) is 7.48. The minimum atomic E-state index is -3.48. The van der Waals surface area contributed by atoms with Gasteiger partial charge in [-0.2, -0.15) is 4.31 Å². The quantitative estimate of drug-likeness (QED) is 0.559. The van der Waals surface area contributed by atoms with E-state index in [-0.39, 0.29) is 0 Å². The summed E-state index contributed by atoms with van der Waals surface area (Å²) in [6, 6.07) is 8.97. The average molecular weight is 411 g/mol. The zero-order chi connectivity index (χ0) is 20.2. The van der Waals surface area contributed by atoms with Crippen molar-refractivity contribution >= 4 is 26.7 Å². The molecule has 9 heteroatoms. The Morgan fingerprint density at radius 3 is 2.45 bits per heavy atom. The molecule has 1 N–H and O–H groups in total. The van der Waals surface area contributed by atoms with Gasteiger partial charge in [0.2, 0.25) is 10.0 Å². The Morgan fingerprint density at radius 2 is 1.72 bits per heavy atom. The number of imidazole rings is 1. The minimum Gasteiger partial charge on any atom is -0.345 e. The summed E-state index contributed by atoms with van der Waals surface area (Å²) in [6.45, 7) is 4.48. The first-order valence-electron chi connectivity index (χ1n) is 9.55. The summed E-state index contributed by atoms with van der Waals surface area (Å²) in [6.07, 6.45) is 3.65. The molecule has 1 fully saturated rings. The third-order valence-electron chi connectivity index (χ3n) is 5.57. The zero-order valence-corrected chi connectivity index (χ0v) is 17.1. The van der Waals surface area contributed by atoms with Crippen molar-refractivity contribution in [3.8, 4) is 11.3 Å². The molecule has 3 aromatic heterocycles. The number of hydrogen-bond donors (Lipinski definition) is 1. The molecule has 150 valence electrons. The summed E-state index contributed by atoms with van der Waals surface area (Å²) in [7, 11) is -1.47. The van der Waals surface area contributed by atoms with Gasteiger partial charge in [0.05, 0.1) is 27.8 Å². The van der Waals surface area contributed by atoms with E-state index in [9.17, 15) is 8.42 Å². The van der Waals surface area contributed by atoms with Crippen LogP contribution in [0.3, 0.4) is 0 Å². The summed E-state index contributed by atoms with van der Waals surface area (Å²) in [4.78, 5) is 14.8. The van der Waals surface area contributed by atoms with E-state index in [1.54, 1.807) is 22.6 Å². The summed E-state index contributed by atoms with van der Waals surface area (Å²) in [5.74, 6) is 0.858. The third kappa shape index (κ3) is 2.93. The number of aromatic nitrogens is 4. The van der Waals surface area contributed by atoms with Gasteiger partial charge in [-0.1, -0.05) is 12.1 Å². The standard InChI is InChI=1S/C20H22N6O2S/c1-14-23-19(18-13-22-20-17(26(14)18)7-8-21-20)15-3-5-16(6-4-15)29(27,28)25-11-9-24(2)10-12-25/h3-8,13,21H,9-12H2,1-2H3. The Balaban J connectivity index is 1.52. The fourth-order valence-corrected chi connectivity index (χ4v) is 5.33. The predicted molar refractivity (Wildman–Crippen MR) is 111 cm³/mol. The van der Waals surface area contributed by atoms with Gasteiger partial charge in [0.1, 0.15) is 5.82 Å². The van der Waals surface area contributed by atoms with E-state index < -0.39 is 10.0 Å². The second kappa shape index (κ2) is 6.65. The number of nitrogens with zero attached hydrogens (tertiary/aromatic N) is 5. The molecule has 0 radical (unpaired) electrons. The van der Waals surface area contributed by atoms with Crippen LogP contribution in [0.5, 0.6) is 0 Å². The van der Waals surface area contributed by atoms with Gasteiger partial charge in [-0.05, 0) is 32.2 Å². The maximum atomic E-state index is 12.9. The predicted octanol–water partition coefficient (Wildman–Crippen LogP) is 2.12. The van der Waals surface area contributed by atoms with Crippen molar-refractivity contribution in [3.05, 3.63) is 48.5 Å². The van der Waals surface area contributed by atoms with Gasteiger partial charge in [0, 0.05) is 37.9 Å². The van der Waals surface area contributed by atoms with Crippen molar-refractivity contribution in [3.63, 3.8) is 0 Å². The number of H-pyrrole nitrogens is 1. The Bertz CT molecular complexity index is 1300. The summed E-state index contributed by atoms with van der Waals surface area (Å²) >= 11 is 0. The highest BCUT2D eigenvalue weighted by Crippen LogP contribution is 2.28. The number of hydrogen-bond acceptors (Lipinski definition) is 5. The van der Waals surface area contributed by atoms with Gasteiger partial charge >= 0.3 is 0 Å². The lowest BCUT2D eigenvalue weighted by atomic mass is 10.1. The lowest BCUT2D eigenvalue weighted by molar-refractivity contribution is 0.222. The number of nitrogens with one attached hydrogen (secondary N) is 1. The number of piperazine rings is 1. The van der Waals surface area contributed by atoms with Gasteiger partial charge in [-0.25, -0.2) is 18.4 Å². The second-order valence-corrected chi connectivity index (χ2v) is 9.37. The Morgan fingerprint density at radius 1 is 1.00 bits per heavy atom. The van der Waals surface area contributed by atoms with Crippen LogP contribution in [0.4, 0.5) is 0 Å². The molecule has 0 saturated carbocycles. The van der Waals surface area contributed by atoms with E-state index in [1.807, 2.05) is 38.4 Å². The van der Waals surface area contributed by atoms with E-state index in [1.165, 1.54) is 0 Å². The van der Waals surface area contributed by atoms with E-state index >= 15 is 0 Å². The molecule has 0 aliphatic carbocycles. The fourth-order valence-electron chi connectivity index (χ4n) is 3.91. The monoisotopic (exact) mass is 410 g/mol. The van der Waals surface area contributed by atoms with Gasteiger partial charge in [0.15, 0.2) is 5.65 Å². The van der Waals surface area contributed by atoms with Gasteiger partial charge in [-0.3, -0.25) is 4.40 Å². The molecule has 4 heterocycles. The van der Waals surface area contributed by atoms with Crippen molar-refractivity contribution in [2.75, 3.05) is 33.2 Å². The molecule has 1 saturated heterocycles.